The molecule has 0 aromatic heterocycles. The Morgan fingerprint density at radius 2 is 1.50 bits per heavy atom. The van der Waals surface area contributed by atoms with E-state index >= 15 is 0 Å². The van der Waals surface area contributed by atoms with Gasteiger partial charge >= 0.3 is 10.3 Å². The van der Waals surface area contributed by atoms with E-state index < -0.39 is 52.6 Å². The van der Waals surface area contributed by atoms with Crippen LogP contribution in [0.3, 0.4) is 0 Å². The summed E-state index contributed by atoms with van der Waals surface area (Å²) >= 11 is 0. The van der Waals surface area contributed by atoms with Crippen LogP contribution < -0.4 is 5.14 Å². The van der Waals surface area contributed by atoms with Crippen molar-refractivity contribution in [2.24, 2.45) is 5.14 Å². The van der Waals surface area contributed by atoms with Crippen molar-refractivity contribution in [1.29, 1.82) is 0 Å². The van der Waals surface area contributed by atoms with E-state index in [0.717, 1.165) is 0 Å². The summed E-state index contributed by atoms with van der Waals surface area (Å²) < 4.78 is 55.6. The zero-order valence-electron chi connectivity index (χ0n) is 12.8. The molecule has 3 saturated heterocycles. The van der Waals surface area contributed by atoms with E-state index in [2.05, 4.69) is 4.18 Å². The van der Waals surface area contributed by atoms with Crippen LogP contribution in [0.2, 0.25) is 0 Å². The fourth-order valence-electron chi connectivity index (χ4n) is 2.99. The molecule has 3 fully saturated rings. The highest BCUT2D eigenvalue weighted by atomic mass is 32.2. The molecular formula is C12H21NO8S. The summed E-state index contributed by atoms with van der Waals surface area (Å²) in [5.41, 5.74) is 0. The largest absolute Gasteiger partial charge is 0.342 e. The first kappa shape index (κ1) is 16.5. The second kappa shape index (κ2) is 5.08. The smallest absolute Gasteiger partial charge is 0.333 e. The molecule has 0 radical (unpaired) electrons. The topological polar surface area (TPSA) is 116 Å². The van der Waals surface area contributed by atoms with Crippen molar-refractivity contribution >= 4 is 10.3 Å². The summed E-state index contributed by atoms with van der Waals surface area (Å²) in [4.78, 5) is 0. The fourth-order valence-corrected chi connectivity index (χ4v) is 3.31. The molecule has 128 valence electrons. The fraction of sp³-hybridized carbons (Fsp3) is 1.00. The molecule has 0 spiro atoms. The molecule has 3 heterocycles. The van der Waals surface area contributed by atoms with E-state index in [0.29, 0.717) is 0 Å². The quantitative estimate of drug-likeness (QED) is 0.739. The lowest BCUT2D eigenvalue weighted by molar-refractivity contribution is -0.238. The van der Waals surface area contributed by atoms with Gasteiger partial charge in [0.15, 0.2) is 17.9 Å². The average Bonchev–Trinajstić information content (AvgIpc) is 2.79. The van der Waals surface area contributed by atoms with Crippen molar-refractivity contribution in [3.8, 4) is 0 Å². The average molecular weight is 339 g/mol. The Balaban J connectivity index is 1.81. The van der Waals surface area contributed by atoms with Crippen LogP contribution in [0.4, 0.5) is 0 Å². The first-order chi connectivity index (χ1) is 9.96. The number of hydrogen-bond donors (Lipinski definition) is 1. The summed E-state index contributed by atoms with van der Waals surface area (Å²) in [5.74, 6) is -1.67. The van der Waals surface area contributed by atoms with Crippen LogP contribution in [-0.4, -0.2) is 57.3 Å². The first-order valence-electron chi connectivity index (χ1n) is 7.00. The van der Waals surface area contributed by atoms with Crippen LogP contribution in [0.15, 0.2) is 0 Å². The van der Waals surface area contributed by atoms with E-state index in [9.17, 15) is 8.42 Å². The molecule has 0 aliphatic carbocycles. The molecule has 2 N–H and O–H groups in total. The van der Waals surface area contributed by atoms with Crippen molar-refractivity contribution in [2.45, 2.75) is 70.0 Å². The lowest BCUT2D eigenvalue weighted by Crippen LogP contribution is -2.56. The summed E-state index contributed by atoms with van der Waals surface area (Å²) in [7, 11) is -4.07. The summed E-state index contributed by atoms with van der Waals surface area (Å²) in [6, 6.07) is 0. The van der Waals surface area contributed by atoms with E-state index in [1.165, 1.54) is 0 Å². The molecule has 0 aromatic rings. The highest BCUT2D eigenvalue weighted by Gasteiger charge is 2.60. The van der Waals surface area contributed by atoms with Crippen LogP contribution >= 0.6 is 0 Å². The summed E-state index contributed by atoms with van der Waals surface area (Å²) in [6.45, 7) is 6.77. The number of fused-ring (bicyclic) bond motifs is 3. The third-order valence-electron chi connectivity index (χ3n) is 3.65. The maximum absolute atomic E-state index is 11.0. The Kier molecular flexibility index (Phi) is 3.82. The van der Waals surface area contributed by atoms with Gasteiger partial charge < -0.3 is 23.7 Å². The van der Waals surface area contributed by atoms with Gasteiger partial charge in [0.25, 0.3) is 0 Å². The van der Waals surface area contributed by atoms with Crippen molar-refractivity contribution in [2.75, 3.05) is 6.61 Å². The molecule has 10 heteroatoms. The molecule has 3 aliphatic heterocycles. The highest BCUT2D eigenvalue weighted by Crippen LogP contribution is 2.44. The molecule has 5 atom stereocenters. The predicted octanol–water partition coefficient (Wildman–Crippen LogP) is -0.397. The van der Waals surface area contributed by atoms with Gasteiger partial charge in [0.2, 0.25) is 0 Å². The molecule has 0 amide bonds. The normalized spacial score (nSPS) is 42.9. The van der Waals surface area contributed by atoms with Crippen molar-refractivity contribution in [1.82, 2.24) is 0 Å². The number of hydrogen-bond acceptors (Lipinski definition) is 8. The zero-order chi connectivity index (χ0) is 16.3. The van der Waals surface area contributed by atoms with Crippen molar-refractivity contribution in [3.63, 3.8) is 0 Å². The Morgan fingerprint density at radius 3 is 2.14 bits per heavy atom. The minimum absolute atomic E-state index is 0.285. The second-order valence-corrected chi connectivity index (χ2v) is 7.71. The lowest BCUT2D eigenvalue weighted by Gasteiger charge is -2.36. The van der Waals surface area contributed by atoms with Crippen LogP contribution in [0, 0.1) is 0 Å². The van der Waals surface area contributed by atoms with Crippen LogP contribution in [0.1, 0.15) is 27.7 Å². The first-order valence-corrected chi connectivity index (χ1v) is 8.47. The zero-order valence-corrected chi connectivity index (χ0v) is 13.7. The molecule has 3 aliphatic rings. The van der Waals surface area contributed by atoms with Crippen LogP contribution in [-0.2, 0) is 38.2 Å². The van der Waals surface area contributed by atoms with Gasteiger partial charge in [0, 0.05) is 0 Å². The SMILES string of the molecule is CC1(C)OC2OC(COS(N)(=O)=O)C3OC(C)(C)OC3C2O1. The van der Waals surface area contributed by atoms with Gasteiger partial charge in [-0.25, -0.2) is 5.14 Å². The predicted molar refractivity (Wildman–Crippen MR) is 71.6 cm³/mol. The maximum atomic E-state index is 11.0. The summed E-state index contributed by atoms with van der Waals surface area (Å²) in [6.07, 6.45) is -2.86. The molecule has 9 nitrogen and oxygen atoms in total. The van der Waals surface area contributed by atoms with E-state index in [1.807, 2.05) is 0 Å². The van der Waals surface area contributed by atoms with Gasteiger partial charge in [0.1, 0.15) is 24.4 Å². The van der Waals surface area contributed by atoms with Crippen molar-refractivity contribution in [3.05, 3.63) is 0 Å². The molecule has 0 bridgehead atoms. The third-order valence-corrected chi connectivity index (χ3v) is 4.11. The second-order valence-electron chi connectivity index (χ2n) is 6.49. The van der Waals surface area contributed by atoms with Gasteiger partial charge in [0.05, 0.1) is 6.61 Å². The monoisotopic (exact) mass is 339 g/mol. The van der Waals surface area contributed by atoms with Gasteiger partial charge in [-0.1, -0.05) is 0 Å². The maximum Gasteiger partial charge on any atom is 0.333 e. The number of rotatable bonds is 3. The standard InChI is InChI=1S/C12H21NO8S/c1-11(2)18-7-6(5-16-22(13,14)15)17-10-9(8(7)19-11)20-12(3,4)21-10/h6-10H,5H2,1-4H3,(H2,13,14,15). The molecule has 22 heavy (non-hydrogen) atoms. The van der Waals surface area contributed by atoms with E-state index in [4.69, 9.17) is 28.8 Å². The Bertz CT molecular complexity index is 547. The Morgan fingerprint density at radius 1 is 0.955 bits per heavy atom. The van der Waals surface area contributed by atoms with Crippen LogP contribution in [0.5, 0.6) is 0 Å². The number of ether oxygens (including phenoxy) is 5. The minimum Gasteiger partial charge on any atom is -0.342 e. The Hall–Kier alpha value is -0.330. The third kappa shape index (κ3) is 3.29. The Labute approximate surface area is 129 Å². The molecule has 0 saturated carbocycles. The number of nitrogens with two attached hydrogens (primary N) is 1. The summed E-state index contributed by atoms with van der Waals surface area (Å²) in [5, 5.41) is 4.86. The van der Waals surface area contributed by atoms with Gasteiger partial charge in [-0.3, -0.25) is 4.18 Å². The van der Waals surface area contributed by atoms with Gasteiger partial charge in [-0.05, 0) is 27.7 Å². The van der Waals surface area contributed by atoms with E-state index in [1.54, 1.807) is 27.7 Å². The molecule has 3 rings (SSSR count). The van der Waals surface area contributed by atoms with Gasteiger partial charge in [-0.2, -0.15) is 8.42 Å². The van der Waals surface area contributed by atoms with Crippen LogP contribution in [0.25, 0.3) is 0 Å². The van der Waals surface area contributed by atoms with Gasteiger partial charge in [-0.15, -0.1) is 0 Å². The molecule has 0 aromatic carbocycles. The van der Waals surface area contributed by atoms with E-state index in [-0.39, 0.29) is 6.61 Å². The minimum atomic E-state index is -4.07. The van der Waals surface area contributed by atoms with Crippen molar-refractivity contribution < 1.29 is 36.3 Å². The molecular weight excluding hydrogens is 318 g/mol. The molecule has 5 unspecified atom stereocenters. The lowest BCUT2D eigenvalue weighted by atomic mass is 9.99. The highest BCUT2D eigenvalue weighted by molar-refractivity contribution is 7.84.